The quantitative estimate of drug-likeness (QED) is 0.361. The van der Waals surface area contributed by atoms with Crippen LogP contribution in [0.1, 0.15) is 6.92 Å². The molecule has 0 amide bonds. The Kier molecular flexibility index (Phi) is 5.70. The zero-order valence-corrected chi connectivity index (χ0v) is 14.1. The van der Waals surface area contributed by atoms with Crippen molar-refractivity contribution in [3.8, 4) is 0 Å². The maximum atomic E-state index is 13.8. The number of hydrogen-bond acceptors (Lipinski definition) is 4. The lowest BCUT2D eigenvalue weighted by molar-refractivity contribution is -0.156. The molecule has 0 aliphatic rings. The molecule has 0 aromatic heterocycles. The van der Waals surface area contributed by atoms with Crippen molar-refractivity contribution in [1.82, 2.24) is 0 Å². The van der Waals surface area contributed by atoms with Crippen molar-refractivity contribution in [2.24, 2.45) is 0 Å². The average Bonchev–Trinajstić information content (AvgIpc) is 2.61. The molecule has 6 heteroatoms. The van der Waals surface area contributed by atoms with Gasteiger partial charge in [0, 0.05) is 0 Å². The van der Waals surface area contributed by atoms with Crippen molar-refractivity contribution in [2.45, 2.75) is 6.92 Å². The normalized spacial score (nSPS) is 10.5. The van der Waals surface area contributed by atoms with Crippen molar-refractivity contribution in [1.29, 1.82) is 5.39 Å². The van der Waals surface area contributed by atoms with Crippen LogP contribution >= 0.6 is 7.11 Å². The van der Waals surface area contributed by atoms with Gasteiger partial charge in [-0.15, -0.1) is 0 Å². The van der Waals surface area contributed by atoms with Gasteiger partial charge in [0.15, 0.2) is 4.98 Å². The minimum atomic E-state index is -3.65. The fraction of sp³-hybridized carbons (Fsp3) is 0.111. The second-order valence-electron chi connectivity index (χ2n) is 5.24. The van der Waals surface area contributed by atoms with Crippen LogP contribution in [0.25, 0.3) is 4.98 Å². The summed E-state index contributed by atoms with van der Waals surface area (Å²) < 4.78 is 5.04. The highest BCUT2D eigenvalue weighted by molar-refractivity contribution is 7.85. The zero-order chi connectivity index (χ0) is 17.6. The van der Waals surface area contributed by atoms with Gasteiger partial charge in [-0.2, -0.15) is 0 Å². The highest BCUT2D eigenvalue weighted by atomic mass is 31.2. The fourth-order valence-electron chi connectivity index (χ4n) is 2.16. The van der Waals surface area contributed by atoms with Gasteiger partial charge < -0.3 is 9.63 Å². The molecule has 5 nitrogen and oxygen atoms in total. The van der Waals surface area contributed by atoms with Crippen LogP contribution in [0, 0.1) is 5.39 Å². The second-order valence-corrected chi connectivity index (χ2v) is 7.91. The Morgan fingerprint density at radius 2 is 1.58 bits per heavy atom. The highest BCUT2D eigenvalue weighted by Gasteiger charge is 2.34. The Bertz CT molecular complexity index is 796. The summed E-state index contributed by atoms with van der Waals surface area (Å²) in [6.45, 7) is 5.29. The van der Waals surface area contributed by atoms with Crippen LogP contribution in [0.15, 0.2) is 72.8 Å². The summed E-state index contributed by atoms with van der Waals surface area (Å²) in [6.07, 6.45) is 0. The molecule has 0 aliphatic carbocycles. The molecule has 0 unspecified atom stereocenters. The van der Waals surface area contributed by atoms with E-state index in [1.54, 1.807) is 67.6 Å². The molecule has 2 aromatic rings. The Morgan fingerprint density at radius 3 is 1.96 bits per heavy atom. The van der Waals surface area contributed by atoms with Crippen LogP contribution in [0.4, 0.5) is 0 Å². The Morgan fingerprint density at radius 1 is 1.12 bits per heavy atom. The van der Waals surface area contributed by atoms with Gasteiger partial charge in [-0.05, 0) is 30.2 Å². The largest absolute Gasteiger partial charge is 0.816 e. The number of carbonyl (C=O) groups is 1. The fourth-order valence-corrected chi connectivity index (χ4v) is 4.57. The molecule has 0 spiro atoms. The molecule has 0 heterocycles. The molecule has 0 N–H and O–H groups in total. The predicted molar refractivity (Wildman–Crippen MR) is 94.9 cm³/mol. The molecule has 122 valence electrons. The molecular formula is C18H17N2O3P. The third-order valence-electron chi connectivity index (χ3n) is 3.26. The Labute approximate surface area is 140 Å². The number of esters is 1. The van der Waals surface area contributed by atoms with Gasteiger partial charge >= 0.3 is 11.4 Å². The maximum absolute atomic E-state index is 13.8. The standard InChI is InChI=1S/C18H17N2O3P/c1-14(2)13-23-18(21)17(20-19)24(22,15-9-5-3-6-10-15)16-11-7-4-8-12-16/h3-12H,1,13H2,2H3. The number of carbonyl (C=O) groups excluding carboxylic acids is 1. The first kappa shape index (κ1) is 17.7. The summed E-state index contributed by atoms with van der Waals surface area (Å²) in [4.78, 5) is 29.2. The van der Waals surface area contributed by atoms with Crippen LogP contribution in [-0.2, 0) is 9.53 Å². The van der Waals surface area contributed by atoms with Gasteiger partial charge in [0.1, 0.15) is 6.61 Å². The van der Waals surface area contributed by atoms with E-state index in [2.05, 4.69) is 11.6 Å². The molecule has 0 radical (unpaired) electrons. The molecule has 2 aromatic carbocycles. The van der Waals surface area contributed by atoms with Crippen molar-refractivity contribution in [2.75, 3.05) is 6.61 Å². The second kappa shape index (κ2) is 7.74. The van der Waals surface area contributed by atoms with E-state index < -0.39 is 18.5 Å². The van der Waals surface area contributed by atoms with E-state index in [1.165, 1.54) is 0 Å². The van der Waals surface area contributed by atoms with Crippen LogP contribution in [-0.4, -0.2) is 18.0 Å². The van der Waals surface area contributed by atoms with Crippen LogP contribution < -0.4 is 15.5 Å². The first-order valence-corrected chi connectivity index (χ1v) is 8.96. The first-order chi connectivity index (χ1) is 11.5. The van der Waals surface area contributed by atoms with Gasteiger partial charge in [-0.1, -0.05) is 67.2 Å². The van der Waals surface area contributed by atoms with Crippen molar-refractivity contribution in [3.05, 3.63) is 77.8 Å². The van der Waals surface area contributed by atoms with Crippen LogP contribution in [0.3, 0.4) is 0 Å². The van der Waals surface area contributed by atoms with E-state index in [-0.39, 0.29) is 6.61 Å². The van der Waals surface area contributed by atoms with E-state index in [0.29, 0.717) is 16.2 Å². The number of ether oxygens (including phenoxy) is 1. The number of benzene rings is 2. The summed E-state index contributed by atoms with van der Waals surface area (Å²) >= 11 is 0. The number of nitrogens with zero attached hydrogens (tertiary/aromatic N) is 2. The van der Waals surface area contributed by atoms with Crippen molar-refractivity contribution < 1.29 is 14.4 Å². The third-order valence-corrected chi connectivity index (χ3v) is 6.18. The molecule has 0 bridgehead atoms. The predicted octanol–water partition coefficient (Wildman–Crippen LogP) is 2.03. The van der Waals surface area contributed by atoms with E-state index in [4.69, 9.17) is 4.74 Å². The zero-order valence-electron chi connectivity index (χ0n) is 13.3. The van der Waals surface area contributed by atoms with Gasteiger partial charge in [-0.25, -0.2) is 4.79 Å². The van der Waals surface area contributed by atoms with Gasteiger partial charge in [0.05, 0.1) is 0 Å². The summed E-state index contributed by atoms with van der Waals surface area (Å²) in [7, 11) is -3.65. The molecule has 0 saturated carbocycles. The molecular weight excluding hydrogens is 323 g/mol. The van der Waals surface area contributed by atoms with Crippen molar-refractivity contribution >= 4 is 29.1 Å². The van der Waals surface area contributed by atoms with Gasteiger partial charge in [-0.3, -0.25) is 0 Å². The van der Waals surface area contributed by atoms with Crippen molar-refractivity contribution in [3.63, 3.8) is 0 Å². The van der Waals surface area contributed by atoms with Crippen LogP contribution in [0.5, 0.6) is 0 Å². The monoisotopic (exact) mass is 340 g/mol. The molecule has 0 atom stereocenters. The first-order valence-electron chi connectivity index (χ1n) is 7.25. The van der Waals surface area contributed by atoms with E-state index in [0.717, 1.165) is 0 Å². The summed E-state index contributed by atoms with van der Waals surface area (Å²) in [5.41, 5.74) is 0.107. The SMILES string of the molecule is C=C(C)COC(=O)C([N+]#N)=P([O-])(c1ccccc1)c1ccccc1. The highest BCUT2D eigenvalue weighted by Crippen LogP contribution is 2.38. The number of rotatable bonds is 5. The minimum absolute atomic E-state index is 0.0402. The summed E-state index contributed by atoms with van der Waals surface area (Å²) in [5.74, 6) is -0.934. The topological polar surface area (TPSA) is 77.5 Å². The summed E-state index contributed by atoms with van der Waals surface area (Å²) in [5, 5.41) is 10.2. The smallest absolute Gasteiger partial charge is 0.452 e. The Hall–Kier alpha value is -2.67. The average molecular weight is 340 g/mol. The third kappa shape index (κ3) is 3.62. The van der Waals surface area contributed by atoms with Gasteiger partial charge in [0.25, 0.3) is 0 Å². The lowest BCUT2D eigenvalue weighted by Gasteiger charge is -2.29. The van der Waals surface area contributed by atoms with E-state index in [1.807, 2.05) is 0 Å². The molecule has 0 fully saturated rings. The molecule has 0 aliphatic heterocycles. The number of diazo groups is 1. The van der Waals surface area contributed by atoms with E-state index in [9.17, 15) is 15.1 Å². The van der Waals surface area contributed by atoms with E-state index >= 15 is 0 Å². The molecule has 0 saturated heterocycles. The van der Waals surface area contributed by atoms with Crippen LogP contribution in [0.2, 0.25) is 0 Å². The maximum Gasteiger partial charge on any atom is 0.452 e. The van der Waals surface area contributed by atoms with Gasteiger partial charge in [0.2, 0.25) is 5.39 Å². The lowest BCUT2D eigenvalue weighted by Crippen LogP contribution is -2.33. The molecule has 24 heavy (non-hydrogen) atoms. The minimum Gasteiger partial charge on any atom is -0.816 e. The molecule has 2 rings (SSSR count). The summed E-state index contributed by atoms with van der Waals surface area (Å²) in [6, 6.07) is 16.9. The lowest BCUT2D eigenvalue weighted by atomic mass is 10.4. The number of hydrogen-bond donors (Lipinski definition) is 0. The Balaban J connectivity index is 2.71.